The van der Waals surface area contributed by atoms with Crippen LogP contribution in [0.2, 0.25) is 0 Å². The normalized spacial score (nSPS) is 16.7. The van der Waals surface area contributed by atoms with E-state index in [0.29, 0.717) is 23.1 Å². The molecule has 2 aromatic carbocycles. The zero-order valence-corrected chi connectivity index (χ0v) is 22.0. The molecule has 9 heteroatoms. The fourth-order valence-electron chi connectivity index (χ4n) is 4.83. The van der Waals surface area contributed by atoms with Crippen molar-refractivity contribution in [2.75, 3.05) is 26.1 Å². The summed E-state index contributed by atoms with van der Waals surface area (Å²) in [5.74, 6) is 1.25. The van der Waals surface area contributed by atoms with E-state index in [0.717, 1.165) is 22.8 Å². The highest BCUT2D eigenvalue weighted by Gasteiger charge is 2.41. The first-order valence-electron chi connectivity index (χ1n) is 12.3. The molecular formula is C29H29N5O3S. The summed E-state index contributed by atoms with van der Waals surface area (Å²) in [6.07, 6.45) is 4.02. The van der Waals surface area contributed by atoms with Crippen LogP contribution in [0.5, 0.6) is 11.5 Å². The van der Waals surface area contributed by atoms with E-state index in [4.69, 9.17) is 21.7 Å². The Bertz CT molecular complexity index is 1420. The number of thiocarbonyl (C=S) groups is 1. The van der Waals surface area contributed by atoms with Crippen molar-refractivity contribution in [3.8, 4) is 17.2 Å². The number of hydrogen-bond acceptors (Lipinski definition) is 5. The van der Waals surface area contributed by atoms with E-state index in [-0.39, 0.29) is 24.4 Å². The molecule has 1 aliphatic rings. The molecule has 2 aromatic heterocycles. The van der Waals surface area contributed by atoms with Crippen molar-refractivity contribution in [3.05, 3.63) is 103 Å². The molecule has 0 aliphatic carbocycles. The number of pyridine rings is 1. The second-order valence-electron chi connectivity index (χ2n) is 8.79. The molecule has 0 spiro atoms. The second-order valence-corrected chi connectivity index (χ2v) is 9.18. The van der Waals surface area contributed by atoms with Crippen molar-refractivity contribution < 1.29 is 14.3 Å². The van der Waals surface area contributed by atoms with Gasteiger partial charge < -0.3 is 29.6 Å². The third kappa shape index (κ3) is 5.05. The first-order valence-corrected chi connectivity index (χ1v) is 12.7. The molecule has 8 nitrogen and oxygen atoms in total. The number of carbonyl (C=O) groups excluding carboxylic acids is 1. The molecule has 0 unspecified atom stereocenters. The van der Waals surface area contributed by atoms with E-state index in [9.17, 15) is 4.79 Å². The highest BCUT2D eigenvalue weighted by atomic mass is 32.1. The summed E-state index contributed by atoms with van der Waals surface area (Å²) in [5.41, 5.74) is 3.42. The highest BCUT2D eigenvalue weighted by Crippen LogP contribution is 2.40. The number of methoxy groups -OCH3 is 2. The summed E-state index contributed by atoms with van der Waals surface area (Å²) in [6.45, 7) is 0.415. The lowest BCUT2D eigenvalue weighted by atomic mass is 10.0. The maximum atomic E-state index is 13.0. The predicted octanol–water partition coefficient (Wildman–Crippen LogP) is 4.89. The zero-order valence-electron chi connectivity index (χ0n) is 21.2. The number of carbonyl (C=O) groups is 1. The van der Waals surface area contributed by atoms with Gasteiger partial charge in [0.25, 0.3) is 0 Å². The van der Waals surface area contributed by atoms with Crippen LogP contribution < -0.4 is 20.1 Å². The van der Waals surface area contributed by atoms with E-state index in [1.54, 1.807) is 20.4 Å². The van der Waals surface area contributed by atoms with Crippen molar-refractivity contribution in [2.24, 2.45) is 0 Å². The number of para-hydroxylation sites is 4. The van der Waals surface area contributed by atoms with Gasteiger partial charge in [0, 0.05) is 31.1 Å². The maximum Gasteiger partial charge on any atom is 0.226 e. The van der Waals surface area contributed by atoms with E-state index < -0.39 is 0 Å². The quantitative estimate of drug-likeness (QED) is 0.300. The van der Waals surface area contributed by atoms with E-state index in [1.807, 2.05) is 79.0 Å². The maximum absolute atomic E-state index is 13.0. The SMILES string of the molecule is COc1ccccc1NC(=O)CCN1C(=S)N[C@@H](c2ccccn2)[C@@H]1c1cccn1-c1ccccc1OC. The molecule has 0 bridgehead atoms. The number of aromatic nitrogens is 2. The summed E-state index contributed by atoms with van der Waals surface area (Å²) >= 11 is 5.80. The Balaban J connectivity index is 1.46. The summed E-state index contributed by atoms with van der Waals surface area (Å²) in [4.78, 5) is 19.7. The Morgan fingerprint density at radius 3 is 2.47 bits per heavy atom. The van der Waals surface area contributed by atoms with Crippen LogP contribution in [0.25, 0.3) is 5.69 Å². The number of nitrogens with one attached hydrogen (secondary N) is 2. The van der Waals surface area contributed by atoms with Crippen molar-refractivity contribution in [1.29, 1.82) is 0 Å². The molecular weight excluding hydrogens is 498 g/mol. The fourth-order valence-corrected chi connectivity index (χ4v) is 5.17. The average molecular weight is 528 g/mol. The largest absolute Gasteiger partial charge is 0.495 e. The molecule has 2 N–H and O–H groups in total. The molecule has 1 fully saturated rings. The minimum atomic E-state index is -0.212. The molecule has 1 saturated heterocycles. The fraction of sp³-hybridized carbons (Fsp3) is 0.207. The molecule has 3 heterocycles. The molecule has 5 rings (SSSR count). The van der Waals surface area contributed by atoms with Crippen LogP contribution in [0.15, 0.2) is 91.3 Å². The Morgan fingerprint density at radius 2 is 1.71 bits per heavy atom. The van der Waals surface area contributed by atoms with Gasteiger partial charge in [-0.05, 0) is 60.7 Å². The topological polar surface area (TPSA) is 80.7 Å². The molecule has 2 atom stereocenters. The number of ether oxygens (including phenoxy) is 2. The van der Waals surface area contributed by atoms with Gasteiger partial charge >= 0.3 is 0 Å². The number of anilines is 1. The number of nitrogens with zero attached hydrogens (tertiary/aromatic N) is 3. The monoisotopic (exact) mass is 527 g/mol. The first-order chi connectivity index (χ1) is 18.6. The summed E-state index contributed by atoms with van der Waals surface area (Å²) in [5, 5.41) is 6.99. The van der Waals surface area contributed by atoms with Gasteiger partial charge in [-0.1, -0.05) is 30.3 Å². The van der Waals surface area contributed by atoms with Gasteiger partial charge in [-0.25, -0.2) is 0 Å². The van der Waals surface area contributed by atoms with Crippen molar-refractivity contribution >= 4 is 28.9 Å². The summed E-state index contributed by atoms with van der Waals surface area (Å²) in [7, 11) is 3.25. The van der Waals surface area contributed by atoms with Crippen LogP contribution in [-0.2, 0) is 4.79 Å². The van der Waals surface area contributed by atoms with E-state index in [2.05, 4.69) is 31.2 Å². The van der Waals surface area contributed by atoms with Crippen molar-refractivity contribution in [1.82, 2.24) is 19.8 Å². The molecule has 1 amide bonds. The van der Waals surface area contributed by atoms with Gasteiger partial charge in [-0.3, -0.25) is 9.78 Å². The lowest BCUT2D eigenvalue weighted by Gasteiger charge is -2.29. The third-order valence-corrected chi connectivity index (χ3v) is 6.94. The molecule has 4 aromatic rings. The number of hydrogen-bond donors (Lipinski definition) is 2. The number of benzene rings is 2. The number of amides is 1. The molecule has 0 saturated carbocycles. The van der Waals surface area contributed by atoms with Crippen LogP contribution in [0.1, 0.15) is 29.9 Å². The van der Waals surface area contributed by atoms with Crippen LogP contribution in [0.3, 0.4) is 0 Å². The molecule has 194 valence electrons. The van der Waals surface area contributed by atoms with Gasteiger partial charge in [-0.15, -0.1) is 0 Å². The van der Waals surface area contributed by atoms with E-state index in [1.165, 1.54) is 0 Å². The Hall–Kier alpha value is -4.37. The molecule has 1 aliphatic heterocycles. The van der Waals surface area contributed by atoms with Crippen LogP contribution >= 0.6 is 12.2 Å². The number of rotatable bonds is 9. The molecule has 38 heavy (non-hydrogen) atoms. The van der Waals surface area contributed by atoms with Gasteiger partial charge in [-0.2, -0.15) is 0 Å². The average Bonchev–Trinajstić information content (AvgIpc) is 3.56. The third-order valence-electron chi connectivity index (χ3n) is 6.59. The van der Waals surface area contributed by atoms with Crippen molar-refractivity contribution in [3.63, 3.8) is 0 Å². The Kier molecular flexibility index (Phi) is 7.55. The van der Waals surface area contributed by atoms with Crippen LogP contribution in [0, 0.1) is 0 Å². The Labute approximate surface area is 227 Å². The van der Waals surface area contributed by atoms with Gasteiger partial charge in [0.05, 0.1) is 43.4 Å². The standard InChI is InChI=1S/C29H29N5O3S/c1-36-24-14-5-3-10-20(24)31-26(35)16-19-34-28(27(32-29(34)38)21-11-7-8-17-30-21)23-13-9-18-33(23)22-12-4-6-15-25(22)37-2/h3-15,17-18,27-28H,16,19H2,1-2H3,(H,31,35)(H,32,38)/t27-,28-/m0/s1. The second kappa shape index (κ2) is 11.4. The van der Waals surface area contributed by atoms with Crippen LogP contribution in [-0.4, -0.2) is 46.2 Å². The lowest BCUT2D eigenvalue weighted by Crippen LogP contribution is -2.33. The predicted molar refractivity (Wildman–Crippen MR) is 151 cm³/mol. The summed E-state index contributed by atoms with van der Waals surface area (Å²) < 4.78 is 13.1. The van der Waals surface area contributed by atoms with E-state index >= 15 is 0 Å². The minimum absolute atomic E-state index is 0.127. The van der Waals surface area contributed by atoms with Crippen LogP contribution in [0.4, 0.5) is 5.69 Å². The first kappa shape index (κ1) is 25.3. The summed E-state index contributed by atoms with van der Waals surface area (Å²) in [6, 6.07) is 24.7. The lowest BCUT2D eigenvalue weighted by molar-refractivity contribution is -0.116. The zero-order chi connectivity index (χ0) is 26.5. The molecule has 0 radical (unpaired) electrons. The smallest absolute Gasteiger partial charge is 0.226 e. The van der Waals surface area contributed by atoms with Crippen molar-refractivity contribution in [2.45, 2.75) is 18.5 Å². The van der Waals surface area contributed by atoms with Gasteiger partial charge in [0.2, 0.25) is 5.91 Å². The minimum Gasteiger partial charge on any atom is -0.495 e. The highest BCUT2D eigenvalue weighted by molar-refractivity contribution is 7.80. The van der Waals surface area contributed by atoms with Gasteiger partial charge in [0.1, 0.15) is 11.5 Å². The van der Waals surface area contributed by atoms with Gasteiger partial charge in [0.15, 0.2) is 5.11 Å². The Morgan fingerprint density at radius 1 is 0.974 bits per heavy atom.